The molecular weight excluding hydrogens is 212 g/mol. The molecule has 1 aromatic rings. The first-order chi connectivity index (χ1) is 8.22. The number of fused-ring (bicyclic) bond motifs is 1. The summed E-state index contributed by atoms with van der Waals surface area (Å²) in [7, 11) is 1.47. The normalized spacial score (nSPS) is 22.9. The van der Waals surface area contributed by atoms with Gasteiger partial charge < -0.3 is 4.74 Å². The molecule has 17 heavy (non-hydrogen) atoms. The van der Waals surface area contributed by atoms with Gasteiger partial charge in [0.25, 0.3) is 0 Å². The molecule has 0 saturated heterocycles. The highest BCUT2D eigenvalue weighted by molar-refractivity contribution is 5.71. The third-order valence-electron chi connectivity index (χ3n) is 4.08. The van der Waals surface area contributed by atoms with Gasteiger partial charge in [-0.15, -0.1) is 0 Å². The molecule has 1 atom stereocenters. The molecule has 2 heteroatoms. The fourth-order valence-corrected chi connectivity index (χ4v) is 3.03. The van der Waals surface area contributed by atoms with Gasteiger partial charge in [-0.1, -0.05) is 31.2 Å². The van der Waals surface area contributed by atoms with Crippen molar-refractivity contribution in [3.05, 3.63) is 35.4 Å². The molecule has 0 unspecified atom stereocenters. The van der Waals surface area contributed by atoms with E-state index < -0.39 is 0 Å². The maximum Gasteiger partial charge on any atom is 0.306 e. The molecule has 0 fully saturated rings. The second-order valence-electron chi connectivity index (χ2n) is 4.90. The monoisotopic (exact) mass is 232 g/mol. The van der Waals surface area contributed by atoms with Crippen LogP contribution in [0.15, 0.2) is 24.3 Å². The zero-order valence-corrected chi connectivity index (χ0v) is 10.7. The van der Waals surface area contributed by atoms with Crippen LogP contribution in [0, 0.1) is 0 Å². The van der Waals surface area contributed by atoms with Gasteiger partial charge in [0.15, 0.2) is 0 Å². The summed E-state index contributed by atoms with van der Waals surface area (Å²) in [6, 6.07) is 8.53. The molecule has 0 radical (unpaired) electrons. The highest BCUT2D eigenvalue weighted by Gasteiger charge is 2.36. The number of carbonyl (C=O) groups is 1. The zero-order valence-electron chi connectivity index (χ0n) is 10.7. The van der Waals surface area contributed by atoms with Crippen molar-refractivity contribution in [2.75, 3.05) is 7.11 Å². The lowest BCUT2D eigenvalue weighted by molar-refractivity contribution is -0.142. The number of hydrogen-bond acceptors (Lipinski definition) is 2. The van der Waals surface area contributed by atoms with Crippen molar-refractivity contribution < 1.29 is 9.53 Å². The van der Waals surface area contributed by atoms with Crippen molar-refractivity contribution in [3.8, 4) is 0 Å². The van der Waals surface area contributed by atoms with Crippen LogP contribution in [0.3, 0.4) is 0 Å². The second-order valence-corrected chi connectivity index (χ2v) is 4.90. The molecule has 0 heterocycles. The Kier molecular flexibility index (Phi) is 3.51. The van der Waals surface area contributed by atoms with Gasteiger partial charge >= 0.3 is 5.97 Å². The topological polar surface area (TPSA) is 26.3 Å². The Balaban J connectivity index is 2.38. The van der Waals surface area contributed by atoms with E-state index in [1.807, 2.05) is 0 Å². The Hall–Kier alpha value is -1.31. The average molecular weight is 232 g/mol. The summed E-state index contributed by atoms with van der Waals surface area (Å²) in [4.78, 5) is 11.6. The highest BCUT2D eigenvalue weighted by atomic mass is 16.5. The number of benzene rings is 1. The first-order valence-electron chi connectivity index (χ1n) is 6.37. The van der Waals surface area contributed by atoms with E-state index in [-0.39, 0.29) is 11.4 Å². The molecule has 0 saturated carbocycles. The molecule has 1 aliphatic rings. The molecule has 1 aliphatic carbocycles. The van der Waals surface area contributed by atoms with Crippen LogP contribution in [-0.4, -0.2) is 13.1 Å². The maximum atomic E-state index is 11.6. The minimum Gasteiger partial charge on any atom is -0.469 e. The van der Waals surface area contributed by atoms with Gasteiger partial charge in [-0.2, -0.15) is 0 Å². The van der Waals surface area contributed by atoms with Crippen LogP contribution < -0.4 is 0 Å². The number of hydrogen-bond donors (Lipinski definition) is 0. The summed E-state index contributed by atoms with van der Waals surface area (Å²) in [5, 5.41) is 0. The third-order valence-corrected chi connectivity index (χ3v) is 4.08. The van der Waals surface area contributed by atoms with E-state index >= 15 is 0 Å². The van der Waals surface area contributed by atoms with Crippen LogP contribution in [0.25, 0.3) is 0 Å². The summed E-state index contributed by atoms with van der Waals surface area (Å²) < 4.78 is 4.86. The smallest absolute Gasteiger partial charge is 0.306 e. The molecule has 0 aromatic heterocycles. The van der Waals surface area contributed by atoms with Crippen molar-refractivity contribution in [2.45, 2.75) is 44.4 Å². The summed E-state index contributed by atoms with van der Waals surface area (Å²) in [6.45, 7) is 2.17. The first kappa shape index (κ1) is 12.2. The number of carbonyl (C=O) groups excluding carboxylic acids is 1. The molecule has 0 spiro atoms. The van der Waals surface area contributed by atoms with E-state index in [9.17, 15) is 4.79 Å². The van der Waals surface area contributed by atoms with Gasteiger partial charge in [0, 0.05) is 5.41 Å². The second kappa shape index (κ2) is 4.91. The Morgan fingerprint density at radius 2 is 2.18 bits per heavy atom. The van der Waals surface area contributed by atoms with Crippen LogP contribution in [0.2, 0.25) is 0 Å². The van der Waals surface area contributed by atoms with Gasteiger partial charge in [-0.05, 0) is 36.8 Å². The van der Waals surface area contributed by atoms with E-state index in [1.165, 1.54) is 24.7 Å². The molecule has 1 aromatic carbocycles. The first-order valence-corrected chi connectivity index (χ1v) is 6.37. The lowest BCUT2D eigenvalue weighted by Gasteiger charge is -2.37. The standard InChI is InChI=1S/C15H20O2/c1-3-15(11-14(16)17-2)10-6-8-12-7-4-5-9-13(12)15/h4-5,7,9H,3,6,8,10-11H2,1-2H3/t15-/m0/s1. The minimum absolute atomic E-state index is 0.00192. The van der Waals surface area contributed by atoms with E-state index in [4.69, 9.17) is 4.74 Å². The van der Waals surface area contributed by atoms with Crippen LogP contribution in [-0.2, 0) is 21.4 Å². The molecule has 0 aliphatic heterocycles. The lowest BCUT2D eigenvalue weighted by Crippen LogP contribution is -2.33. The van der Waals surface area contributed by atoms with Gasteiger partial charge in [0.05, 0.1) is 13.5 Å². The van der Waals surface area contributed by atoms with Crippen LogP contribution >= 0.6 is 0 Å². The summed E-state index contributed by atoms with van der Waals surface area (Å²) in [6.07, 6.45) is 4.91. The molecular formula is C15H20O2. The SMILES string of the molecule is CC[C@@]1(CC(=O)OC)CCCc2ccccc21. The van der Waals surface area contributed by atoms with Crippen molar-refractivity contribution in [2.24, 2.45) is 0 Å². The fourth-order valence-electron chi connectivity index (χ4n) is 3.03. The molecule has 2 rings (SSSR count). The van der Waals surface area contributed by atoms with E-state index in [2.05, 4.69) is 31.2 Å². The summed E-state index contributed by atoms with van der Waals surface area (Å²) >= 11 is 0. The highest BCUT2D eigenvalue weighted by Crippen LogP contribution is 2.42. The number of methoxy groups -OCH3 is 1. The largest absolute Gasteiger partial charge is 0.469 e. The van der Waals surface area contributed by atoms with Gasteiger partial charge in [-0.3, -0.25) is 4.79 Å². The average Bonchev–Trinajstić information content (AvgIpc) is 2.39. The number of esters is 1. The summed E-state index contributed by atoms with van der Waals surface area (Å²) in [5.41, 5.74) is 2.77. The third kappa shape index (κ3) is 2.21. The van der Waals surface area contributed by atoms with Gasteiger partial charge in [0.1, 0.15) is 0 Å². The van der Waals surface area contributed by atoms with Crippen molar-refractivity contribution in [1.29, 1.82) is 0 Å². The Labute approximate surface area is 103 Å². The maximum absolute atomic E-state index is 11.6. The van der Waals surface area contributed by atoms with Crippen molar-refractivity contribution in [1.82, 2.24) is 0 Å². The Bertz CT molecular complexity index is 411. The van der Waals surface area contributed by atoms with Crippen LogP contribution in [0.4, 0.5) is 0 Å². The van der Waals surface area contributed by atoms with Crippen LogP contribution in [0.5, 0.6) is 0 Å². The van der Waals surface area contributed by atoms with Crippen LogP contribution in [0.1, 0.15) is 43.7 Å². The zero-order chi connectivity index (χ0) is 12.3. The minimum atomic E-state index is -0.0939. The molecule has 0 bridgehead atoms. The number of rotatable bonds is 3. The molecule has 2 nitrogen and oxygen atoms in total. The van der Waals surface area contributed by atoms with E-state index in [0.29, 0.717) is 6.42 Å². The molecule has 92 valence electrons. The predicted octanol–water partition coefficient (Wildman–Crippen LogP) is 3.23. The van der Waals surface area contributed by atoms with Gasteiger partial charge in [0.2, 0.25) is 0 Å². The Morgan fingerprint density at radius 3 is 2.88 bits per heavy atom. The van der Waals surface area contributed by atoms with Crippen molar-refractivity contribution >= 4 is 5.97 Å². The van der Waals surface area contributed by atoms with E-state index in [1.54, 1.807) is 0 Å². The number of aryl methyl sites for hydroxylation is 1. The number of ether oxygens (including phenoxy) is 1. The molecule has 0 amide bonds. The van der Waals surface area contributed by atoms with Crippen molar-refractivity contribution in [3.63, 3.8) is 0 Å². The summed E-state index contributed by atoms with van der Waals surface area (Å²) in [5.74, 6) is -0.0939. The Morgan fingerprint density at radius 1 is 1.41 bits per heavy atom. The van der Waals surface area contributed by atoms with E-state index in [0.717, 1.165) is 19.3 Å². The molecule has 0 N–H and O–H groups in total. The fraction of sp³-hybridized carbons (Fsp3) is 0.533. The predicted molar refractivity (Wildman–Crippen MR) is 68.0 cm³/mol. The van der Waals surface area contributed by atoms with Gasteiger partial charge in [-0.25, -0.2) is 0 Å². The lowest BCUT2D eigenvalue weighted by atomic mass is 9.66. The quantitative estimate of drug-likeness (QED) is 0.748.